The van der Waals surface area contributed by atoms with Crippen LogP contribution in [0, 0.1) is 13.8 Å². The van der Waals surface area contributed by atoms with Crippen LogP contribution in [0.15, 0.2) is 30.5 Å². The number of aryl methyl sites for hydroxylation is 2. The zero-order chi connectivity index (χ0) is 12.4. The highest BCUT2D eigenvalue weighted by atomic mass is 35.5. The Labute approximate surface area is 110 Å². The molecule has 2 nitrogen and oxygen atoms in total. The molecule has 2 aromatic rings. The molecule has 0 N–H and O–H groups in total. The van der Waals surface area contributed by atoms with E-state index in [9.17, 15) is 0 Å². The quantitative estimate of drug-likeness (QED) is 0.780. The molecule has 0 saturated carbocycles. The third kappa shape index (κ3) is 2.90. The normalized spacial score (nSPS) is 10.4. The van der Waals surface area contributed by atoms with E-state index < -0.39 is 0 Å². The number of hydrogen-bond donors (Lipinski definition) is 0. The van der Waals surface area contributed by atoms with Crippen molar-refractivity contribution >= 4 is 23.2 Å². The van der Waals surface area contributed by atoms with E-state index in [1.807, 2.05) is 26.0 Å². The number of aromatic nitrogens is 1. The second-order valence-corrected chi connectivity index (χ2v) is 4.60. The standard InChI is InChI=1S/C13H11Cl2NO/c1-8-5-11(6-9(2)13(8)15)17-12-4-3-10(14)7-16-12/h3-7H,1-2H3. The van der Waals surface area contributed by atoms with Gasteiger partial charge in [0.25, 0.3) is 0 Å². The van der Waals surface area contributed by atoms with E-state index in [-0.39, 0.29) is 0 Å². The van der Waals surface area contributed by atoms with Crippen molar-refractivity contribution in [3.8, 4) is 11.6 Å². The summed E-state index contributed by atoms with van der Waals surface area (Å²) in [5.74, 6) is 1.23. The topological polar surface area (TPSA) is 22.1 Å². The summed E-state index contributed by atoms with van der Waals surface area (Å²) in [6, 6.07) is 7.22. The molecule has 1 heterocycles. The van der Waals surface area contributed by atoms with Crippen LogP contribution in [0.5, 0.6) is 11.6 Å². The number of hydrogen-bond acceptors (Lipinski definition) is 2. The predicted molar refractivity (Wildman–Crippen MR) is 70.2 cm³/mol. The number of rotatable bonds is 2. The highest BCUT2D eigenvalue weighted by Crippen LogP contribution is 2.28. The molecule has 4 heteroatoms. The molecule has 0 aliphatic rings. The minimum absolute atomic E-state index is 0.510. The molecule has 0 atom stereocenters. The number of ether oxygens (including phenoxy) is 1. The summed E-state index contributed by atoms with van der Waals surface area (Å²) in [5, 5.41) is 1.35. The molecule has 0 saturated heterocycles. The van der Waals surface area contributed by atoms with Crippen molar-refractivity contribution < 1.29 is 4.74 Å². The van der Waals surface area contributed by atoms with Gasteiger partial charge in [0.05, 0.1) is 5.02 Å². The zero-order valence-corrected chi connectivity index (χ0v) is 11.0. The van der Waals surface area contributed by atoms with E-state index in [0.717, 1.165) is 21.9 Å². The summed E-state index contributed by atoms with van der Waals surface area (Å²) < 4.78 is 5.62. The van der Waals surface area contributed by atoms with Crippen LogP contribution < -0.4 is 4.74 Å². The molecule has 0 unspecified atom stereocenters. The van der Waals surface area contributed by atoms with Gasteiger partial charge in [-0.2, -0.15) is 0 Å². The Morgan fingerprint density at radius 1 is 1.06 bits per heavy atom. The molecule has 0 aliphatic carbocycles. The lowest BCUT2D eigenvalue weighted by Gasteiger charge is -2.08. The van der Waals surface area contributed by atoms with E-state index >= 15 is 0 Å². The van der Waals surface area contributed by atoms with E-state index in [4.69, 9.17) is 27.9 Å². The third-order valence-electron chi connectivity index (χ3n) is 2.33. The van der Waals surface area contributed by atoms with E-state index in [1.54, 1.807) is 18.3 Å². The van der Waals surface area contributed by atoms with Crippen LogP contribution in [0.1, 0.15) is 11.1 Å². The Bertz CT molecular complexity index is 515. The van der Waals surface area contributed by atoms with Gasteiger partial charge in [0, 0.05) is 17.3 Å². The average Bonchev–Trinajstić information content (AvgIpc) is 2.29. The lowest BCUT2D eigenvalue weighted by atomic mass is 10.1. The minimum Gasteiger partial charge on any atom is -0.439 e. The molecule has 0 radical (unpaired) electrons. The second kappa shape index (κ2) is 4.94. The van der Waals surface area contributed by atoms with E-state index in [0.29, 0.717) is 10.9 Å². The Morgan fingerprint density at radius 2 is 1.71 bits per heavy atom. The van der Waals surface area contributed by atoms with Crippen LogP contribution >= 0.6 is 23.2 Å². The first-order valence-corrected chi connectivity index (χ1v) is 5.88. The number of nitrogens with zero attached hydrogens (tertiary/aromatic N) is 1. The summed E-state index contributed by atoms with van der Waals surface area (Å²) in [6.45, 7) is 3.88. The maximum atomic E-state index is 6.08. The third-order valence-corrected chi connectivity index (χ3v) is 3.15. The van der Waals surface area contributed by atoms with Gasteiger partial charge in [0.15, 0.2) is 0 Å². The van der Waals surface area contributed by atoms with Crippen LogP contribution in [-0.4, -0.2) is 4.98 Å². The molecule has 0 bridgehead atoms. The van der Waals surface area contributed by atoms with Crippen molar-refractivity contribution in [3.05, 3.63) is 51.6 Å². The fourth-order valence-electron chi connectivity index (χ4n) is 1.51. The molecule has 88 valence electrons. The smallest absolute Gasteiger partial charge is 0.219 e. The van der Waals surface area contributed by atoms with Crippen LogP contribution in [0.2, 0.25) is 10.0 Å². The Morgan fingerprint density at radius 3 is 2.24 bits per heavy atom. The maximum absolute atomic E-state index is 6.08. The van der Waals surface area contributed by atoms with Crippen molar-refractivity contribution in [2.75, 3.05) is 0 Å². The van der Waals surface area contributed by atoms with Gasteiger partial charge in [-0.3, -0.25) is 0 Å². The molecule has 0 amide bonds. The Hall–Kier alpha value is -1.25. The van der Waals surface area contributed by atoms with Crippen molar-refractivity contribution in [2.45, 2.75) is 13.8 Å². The highest BCUT2D eigenvalue weighted by molar-refractivity contribution is 6.32. The number of benzene rings is 1. The van der Waals surface area contributed by atoms with Crippen LogP contribution in [0.3, 0.4) is 0 Å². The molecular formula is C13H11Cl2NO. The van der Waals surface area contributed by atoms with Crippen molar-refractivity contribution in [3.63, 3.8) is 0 Å². The summed E-state index contributed by atoms with van der Waals surface area (Å²) in [5.41, 5.74) is 1.96. The average molecular weight is 268 g/mol. The van der Waals surface area contributed by atoms with Gasteiger partial charge >= 0.3 is 0 Å². The fraction of sp³-hybridized carbons (Fsp3) is 0.154. The maximum Gasteiger partial charge on any atom is 0.219 e. The van der Waals surface area contributed by atoms with Crippen molar-refractivity contribution in [1.29, 1.82) is 0 Å². The van der Waals surface area contributed by atoms with Gasteiger partial charge in [-0.1, -0.05) is 23.2 Å². The van der Waals surface area contributed by atoms with Crippen molar-refractivity contribution in [1.82, 2.24) is 4.98 Å². The Kier molecular flexibility index (Phi) is 3.55. The zero-order valence-electron chi connectivity index (χ0n) is 9.50. The summed E-state index contributed by atoms with van der Waals surface area (Å²) >= 11 is 11.8. The van der Waals surface area contributed by atoms with Gasteiger partial charge in [0.2, 0.25) is 5.88 Å². The van der Waals surface area contributed by atoms with Gasteiger partial charge in [-0.15, -0.1) is 0 Å². The summed E-state index contributed by atoms with van der Waals surface area (Å²) in [7, 11) is 0. The van der Waals surface area contributed by atoms with Gasteiger partial charge in [-0.05, 0) is 43.2 Å². The molecule has 1 aromatic carbocycles. The van der Waals surface area contributed by atoms with Crippen LogP contribution in [-0.2, 0) is 0 Å². The molecule has 0 aliphatic heterocycles. The lowest BCUT2D eigenvalue weighted by Crippen LogP contribution is -1.90. The first kappa shape index (κ1) is 12.2. The van der Waals surface area contributed by atoms with Gasteiger partial charge in [-0.25, -0.2) is 4.98 Å². The van der Waals surface area contributed by atoms with Crippen molar-refractivity contribution in [2.24, 2.45) is 0 Å². The summed E-state index contributed by atoms with van der Waals surface area (Å²) in [6.07, 6.45) is 1.55. The number of pyridine rings is 1. The Balaban J connectivity index is 2.27. The molecule has 0 fully saturated rings. The molecule has 1 aromatic heterocycles. The molecule has 2 rings (SSSR count). The van der Waals surface area contributed by atoms with Gasteiger partial charge in [0.1, 0.15) is 5.75 Å². The van der Waals surface area contributed by atoms with E-state index in [1.165, 1.54) is 0 Å². The minimum atomic E-state index is 0.510. The lowest BCUT2D eigenvalue weighted by molar-refractivity contribution is 0.462. The largest absolute Gasteiger partial charge is 0.439 e. The monoisotopic (exact) mass is 267 g/mol. The SMILES string of the molecule is Cc1cc(Oc2ccc(Cl)cn2)cc(C)c1Cl. The first-order valence-electron chi connectivity index (χ1n) is 5.12. The highest BCUT2D eigenvalue weighted by Gasteiger charge is 2.05. The van der Waals surface area contributed by atoms with Crippen LogP contribution in [0.4, 0.5) is 0 Å². The predicted octanol–water partition coefficient (Wildman–Crippen LogP) is 4.80. The number of halogens is 2. The molecular weight excluding hydrogens is 257 g/mol. The summed E-state index contributed by atoms with van der Waals surface area (Å²) in [4.78, 5) is 4.07. The fourth-order valence-corrected chi connectivity index (χ4v) is 1.73. The van der Waals surface area contributed by atoms with E-state index in [2.05, 4.69) is 4.98 Å². The second-order valence-electron chi connectivity index (χ2n) is 3.79. The van der Waals surface area contributed by atoms with Crippen LogP contribution in [0.25, 0.3) is 0 Å². The molecule has 17 heavy (non-hydrogen) atoms. The first-order chi connectivity index (χ1) is 8.06. The molecule has 0 spiro atoms. The van der Waals surface area contributed by atoms with Gasteiger partial charge < -0.3 is 4.74 Å².